The Hall–Kier alpha value is -4.05. The summed E-state index contributed by atoms with van der Waals surface area (Å²) in [6.45, 7) is 0.289. The topological polar surface area (TPSA) is 103 Å². The second-order valence-corrected chi connectivity index (χ2v) is 7.77. The molecule has 4 heterocycles. The molecular weight excluding hydrogens is 424 g/mol. The van der Waals surface area contributed by atoms with E-state index in [2.05, 4.69) is 30.7 Å². The van der Waals surface area contributed by atoms with Crippen LogP contribution in [0.5, 0.6) is 0 Å². The quantitative estimate of drug-likeness (QED) is 0.387. The van der Waals surface area contributed by atoms with Gasteiger partial charge in [-0.15, -0.1) is 20.4 Å². The highest BCUT2D eigenvalue weighted by molar-refractivity contribution is 7.99. The number of pyridine rings is 2. The van der Waals surface area contributed by atoms with Crippen LogP contribution in [0, 0.1) is 0 Å². The van der Waals surface area contributed by atoms with E-state index in [0.717, 1.165) is 16.9 Å². The van der Waals surface area contributed by atoms with Crippen LogP contribution in [0.15, 0.2) is 84.4 Å². The molecule has 0 spiro atoms. The maximum Gasteiger partial charge on any atom is 0.230 e. The molecular formula is C22H18N8OS. The highest BCUT2D eigenvalue weighted by Gasteiger charge is 2.17. The molecule has 0 saturated carbocycles. The Labute approximate surface area is 187 Å². The third kappa shape index (κ3) is 4.08. The third-order valence-electron chi connectivity index (χ3n) is 4.73. The van der Waals surface area contributed by atoms with E-state index >= 15 is 0 Å². The summed E-state index contributed by atoms with van der Waals surface area (Å²) in [7, 11) is 0. The molecule has 4 aromatic heterocycles. The average Bonchev–Trinajstić information content (AvgIpc) is 3.47. The molecule has 0 saturated heterocycles. The zero-order chi connectivity index (χ0) is 21.8. The minimum Gasteiger partial charge on any atom is -0.348 e. The Morgan fingerprint density at radius 2 is 1.81 bits per heavy atom. The highest BCUT2D eigenvalue weighted by atomic mass is 32.2. The van der Waals surface area contributed by atoms with Crippen LogP contribution in [0.4, 0.5) is 0 Å². The Kier molecular flexibility index (Phi) is 5.58. The maximum absolute atomic E-state index is 12.5. The number of benzene rings is 1. The maximum atomic E-state index is 12.5. The predicted molar refractivity (Wildman–Crippen MR) is 120 cm³/mol. The first-order chi connectivity index (χ1) is 15.8. The van der Waals surface area contributed by atoms with Crippen LogP contribution in [0.1, 0.15) is 5.82 Å². The minimum absolute atomic E-state index is 0.131. The van der Waals surface area contributed by atoms with Crippen LogP contribution >= 0.6 is 11.8 Å². The van der Waals surface area contributed by atoms with Gasteiger partial charge in [0.05, 0.1) is 12.3 Å². The standard InChI is InChI=1S/C22H18N8OS/c31-20(24-14-19-26-25-18-10-4-5-12-29(18)19)15-32-22-28-27-21(16-7-6-11-23-13-16)30(22)17-8-2-1-3-9-17/h1-13H,14-15H2,(H,24,31). The molecule has 0 aliphatic heterocycles. The largest absolute Gasteiger partial charge is 0.348 e. The van der Waals surface area contributed by atoms with Crippen molar-refractivity contribution in [1.29, 1.82) is 0 Å². The lowest BCUT2D eigenvalue weighted by Crippen LogP contribution is -2.25. The molecule has 1 aromatic carbocycles. The van der Waals surface area contributed by atoms with Gasteiger partial charge in [0.15, 0.2) is 22.5 Å². The second kappa shape index (κ2) is 8.98. The molecule has 9 nitrogen and oxygen atoms in total. The summed E-state index contributed by atoms with van der Waals surface area (Å²) in [6.07, 6.45) is 5.33. The summed E-state index contributed by atoms with van der Waals surface area (Å²) < 4.78 is 3.78. The summed E-state index contributed by atoms with van der Waals surface area (Å²) in [5, 5.41) is 20.4. The molecule has 0 atom stereocenters. The van der Waals surface area contributed by atoms with E-state index in [1.54, 1.807) is 12.4 Å². The fourth-order valence-electron chi connectivity index (χ4n) is 3.23. The normalized spacial score (nSPS) is 11.0. The van der Waals surface area contributed by atoms with Gasteiger partial charge in [-0.05, 0) is 36.4 Å². The van der Waals surface area contributed by atoms with E-state index in [0.29, 0.717) is 16.8 Å². The van der Waals surface area contributed by atoms with Gasteiger partial charge >= 0.3 is 0 Å². The number of carbonyl (C=O) groups excluding carboxylic acids is 1. The van der Waals surface area contributed by atoms with Crippen LogP contribution in [0.2, 0.25) is 0 Å². The van der Waals surface area contributed by atoms with Gasteiger partial charge in [-0.1, -0.05) is 36.0 Å². The van der Waals surface area contributed by atoms with Gasteiger partial charge in [-0.2, -0.15) is 0 Å². The molecule has 158 valence electrons. The van der Waals surface area contributed by atoms with Crippen LogP contribution in [-0.4, -0.2) is 46.0 Å². The summed E-state index contributed by atoms with van der Waals surface area (Å²) in [4.78, 5) is 16.7. The Morgan fingerprint density at radius 3 is 2.66 bits per heavy atom. The molecule has 5 rings (SSSR count). The van der Waals surface area contributed by atoms with Crippen molar-refractivity contribution in [3.05, 3.63) is 85.1 Å². The van der Waals surface area contributed by atoms with Crippen molar-refractivity contribution in [1.82, 2.24) is 39.7 Å². The van der Waals surface area contributed by atoms with Crippen LogP contribution in [0.25, 0.3) is 22.7 Å². The van der Waals surface area contributed by atoms with Crippen LogP contribution in [0.3, 0.4) is 0 Å². The smallest absolute Gasteiger partial charge is 0.230 e. The SMILES string of the molecule is O=C(CSc1nnc(-c2cccnc2)n1-c1ccccc1)NCc1nnc2ccccn12. The number of hydrogen-bond acceptors (Lipinski definition) is 7. The van der Waals surface area contributed by atoms with E-state index < -0.39 is 0 Å². The van der Waals surface area contributed by atoms with Gasteiger partial charge in [0.1, 0.15) is 0 Å². The van der Waals surface area contributed by atoms with Gasteiger partial charge in [0.2, 0.25) is 5.91 Å². The monoisotopic (exact) mass is 442 g/mol. The first-order valence-corrected chi connectivity index (χ1v) is 10.9. The first-order valence-electron chi connectivity index (χ1n) is 9.89. The van der Waals surface area contributed by atoms with Crippen molar-refractivity contribution in [2.75, 3.05) is 5.75 Å². The molecule has 0 unspecified atom stereocenters. The predicted octanol–water partition coefficient (Wildman–Crippen LogP) is 2.78. The van der Waals surface area contributed by atoms with Gasteiger partial charge in [-0.3, -0.25) is 18.7 Å². The second-order valence-electron chi connectivity index (χ2n) is 6.83. The lowest BCUT2D eigenvalue weighted by molar-refractivity contribution is -0.118. The number of rotatable bonds is 7. The van der Waals surface area contributed by atoms with E-state index in [4.69, 9.17) is 0 Å². The van der Waals surface area contributed by atoms with E-state index in [9.17, 15) is 4.79 Å². The summed E-state index contributed by atoms with van der Waals surface area (Å²) in [5.41, 5.74) is 2.50. The first kappa shape index (κ1) is 19.9. The summed E-state index contributed by atoms with van der Waals surface area (Å²) >= 11 is 1.32. The van der Waals surface area contributed by atoms with Crippen LogP contribution in [-0.2, 0) is 11.3 Å². The van der Waals surface area contributed by atoms with Crippen LogP contribution < -0.4 is 5.32 Å². The number of amides is 1. The molecule has 10 heteroatoms. The lowest BCUT2D eigenvalue weighted by atomic mass is 10.2. The number of hydrogen-bond donors (Lipinski definition) is 1. The number of thioether (sulfide) groups is 1. The highest BCUT2D eigenvalue weighted by Crippen LogP contribution is 2.27. The molecule has 0 aliphatic rings. The van der Waals surface area contributed by atoms with Gasteiger partial charge in [-0.25, -0.2) is 0 Å². The molecule has 0 radical (unpaired) electrons. The van der Waals surface area contributed by atoms with E-state index in [-0.39, 0.29) is 18.2 Å². The number of nitrogens with zero attached hydrogens (tertiary/aromatic N) is 7. The van der Waals surface area contributed by atoms with Crippen molar-refractivity contribution in [3.8, 4) is 17.1 Å². The average molecular weight is 443 g/mol. The fourth-order valence-corrected chi connectivity index (χ4v) is 4.01. The number of nitrogens with one attached hydrogen (secondary N) is 1. The van der Waals surface area contributed by atoms with Crippen molar-refractivity contribution in [3.63, 3.8) is 0 Å². The number of aromatic nitrogens is 7. The lowest BCUT2D eigenvalue weighted by Gasteiger charge is -2.10. The Morgan fingerprint density at radius 1 is 0.938 bits per heavy atom. The van der Waals surface area contributed by atoms with Crippen molar-refractivity contribution in [2.45, 2.75) is 11.7 Å². The minimum atomic E-state index is -0.131. The van der Waals surface area contributed by atoms with E-state index in [1.165, 1.54) is 11.8 Å². The molecule has 0 aliphatic carbocycles. The van der Waals surface area contributed by atoms with Crippen molar-refractivity contribution < 1.29 is 4.79 Å². The molecule has 1 N–H and O–H groups in total. The molecule has 0 fully saturated rings. The number of para-hydroxylation sites is 1. The summed E-state index contributed by atoms with van der Waals surface area (Å²) in [6, 6.07) is 19.2. The summed E-state index contributed by atoms with van der Waals surface area (Å²) in [5.74, 6) is 1.40. The van der Waals surface area contributed by atoms with Gasteiger partial charge in [0.25, 0.3) is 0 Å². The fraction of sp³-hybridized carbons (Fsp3) is 0.0909. The third-order valence-corrected chi connectivity index (χ3v) is 5.66. The van der Waals surface area contributed by atoms with Gasteiger partial charge < -0.3 is 5.32 Å². The van der Waals surface area contributed by atoms with E-state index in [1.807, 2.05) is 75.8 Å². The Bertz CT molecular complexity index is 1350. The number of fused-ring (bicyclic) bond motifs is 1. The zero-order valence-corrected chi connectivity index (χ0v) is 17.7. The van der Waals surface area contributed by atoms with Crippen molar-refractivity contribution in [2.24, 2.45) is 0 Å². The molecule has 32 heavy (non-hydrogen) atoms. The molecule has 1 amide bonds. The Balaban J connectivity index is 1.32. The molecule has 0 bridgehead atoms. The molecule has 5 aromatic rings. The number of carbonyl (C=O) groups is 1. The zero-order valence-electron chi connectivity index (χ0n) is 16.9. The van der Waals surface area contributed by atoms with Crippen molar-refractivity contribution >= 4 is 23.3 Å². The van der Waals surface area contributed by atoms with Gasteiger partial charge in [0, 0.05) is 29.8 Å².